The Hall–Kier alpha value is -1.55. The number of methoxy groups -OCH3 is 1. The van der Waals surface area contributed by atoms with E-state index in [1.54, 1.807) is 12.0 Å². The molecule has 0 aromatic heterocycles. The number of nitrogens with two attached hydrogens (primary N) is 1. The molecular formula is C13H20N2O2. The average molecular weight is 236 g/mol. The van der Waals surface area contributed by atoms with Crippen molar-refractivity contribution in [1.82, 2.24) is 0 Å². The van der Waals surface area contributed by atoms with Crippen LogP contribution in [0.4, 0.5) is 5.69 Å². The molecule has 1 rings (SSSR count). The van der Waals surface area contributed by atoms with Crippen molar-refractivity contribution >= 4 is 11.6 Å². The van der Waals surface area contributed by atoms with Crippen LogP contribution in [0.25, 0.3) is 0 Å². The zero-order chi connectivity index (χ0) is 12.7. The van der Waals surface area contributed by atoms with Gasteiger partial charge in [-0.3, -0.25) is 4.79 Å². The van der Waals surface area contributed by atoms with Crippen molar-refractivity contribution in [3.63, 3.8) is 0 Å². The monoisotopic (exact) mass is 236 g/mol. The van der Waals surface area contributed by atoms with Crippen LogP contribution in [0, 0.1) is 0 Å². The molecule has 4 heteroatoms. The second-order valence-electron chi connectivity index (χ2n) is 3.77. The van der Waals surface area contributed by atoms with Gasteiger partial charge in [0.1, 0.15) is 5.75 Å². The summed E-state index contributed by atoms with van der Waals surface area (Å²) >= 11 is 0. The zero-order valence-corrected chi connectivity index (χ0v) is 10.5. The number of para-hydroxylation sites is 2. The van der Waals surface area contributed by atoms with E-state index in [9.17, 15) is 4.79 Å². The third-order valence-corrected chi connectivity index (χ3v) is 2.59. The Bertz CT molecular complexity index is 366. The van der Waals surface area contributed by atoms with E-state index in [2.05, 4.69) is 6.92 Å². The summed E-state index contributed by atoms with van der Waals surface area (Å²) in [6.07, 6.45) is 1.98. The van der Waals surface area contributed by atoms with Crippen LogP contribution in [0.1, 0.15) is 19.8 Å². The minimum absolute atomic E-state index is 0.0156. The Morgan fingerprint density at radius 3 is 2.71 bits per heavy atom. The van der Waals surface area contributed by atoms with E-state index in [0.29, 0.717) is 12.3 Å². The molecule has 0 spiro atoms. The molecule has 17 heavy (non-hydrogen) atoms. The molecule has 2 N–H and O–H groups in total. The van der Waals surface area contributed by atoms with E-state index >= 15 is 0 Å². The minimum Gasteiger partial charge on any atom is -0.495 e. The summed E-state index contributed by atoms with van der Waals surface area (Å²) in [5, 5.41) is 0. The van der Waals surface area contributed by atoms with Gasteiger partial charge in [-0.05, 0) is 18.6 Å². The molecule has 0 radical (unpaired) electrons. The van der Waals surface area contributed by atoms with Crippen LogP contribution in [0.2, 0.25) is 0 Å². The van der Waals surface area contributed by atoms with Gasteiger partial charge in [0.25, 0.3) is 0 Å². The number of ether oxygens (including phenoxy) is 1. The van der Waals surface area contributed by atoms with E-state index in [1.165, 1.54) is 0 Å². The molecule has 0 atom stereocenters. The van der Waals surface area contributed by atoms with Crippen LogP contribution in [-0.2, 0) is 4.79 Å². The SMILES string of the molecule is CCCCN(C(=O)CN)c1ccccc1OC. The highest BCUT2D eigenvalue weighted by atomic mass is 16.5. The molecule has 0 aliphatic rings. The number of hydrogen-bond acceptors (Lipinski definition) is 3. The van der Waals surface area contributed by atoms with Crippen molar-refractivity contribution in [1.29, 1.82) is 0 Å². The quantitative estimate of drug-likeness (QED) is 0.819. The van der Waals surface area contributed by atoms with Crippen LogP contribution >= 0.6 is 0 Å². The summed E-state index contributed by atoms with van der Waals surface area (Å²) in [7, 11) is 1.60. The van der Waals surface area contributed by atoms with Gasteiger partial charge in [-0.25, -0.2) is 0 Å². The summed E-state index contributed by atoms with van der Waals surface area (Å²) in [4.78, 5) is 13.5. The smallest absolute Gasteiger partial charge is 0.240 e. The first-order valence-electron chi connectivity index (χ1n) is 5.88. The normalized spacial score (nSPS) is 10.1. The molecule has 94 valence electrons. The molecule has 0 fully saturated rings. The third kappa shape index (κ3) is 3.46. The number of anilines is 1. The molecule has 0 saturated carbocycles. The lowest BCUT2D eigenvalue weighted by molar-refractivity contribution is -0.117. The fourth-order valence-corrected chi connectivity index (χ4v) is 1.66. The van der Waals surface area contributed by atoms with Gasteiger partial charge in [0.05, 0.1) is 19.3 Å². The number of rotatable bonds is 6. The zero-order valence-electron chi connectivity index (χ0n) is 10.5. The molecule has 1 aromatic carbocycles. The lowest BCUT2D eigenvalue weighted by atomic mass is 10.2. The van der Waals surface area contributed by atoms with Crippen molar-refractivity contribution in [2.45, 2.75) is 19.8 Å². The van der Waals surface area contributed by atoms with Crippen LogP contribution < -0.4 is 15.4 Å². The molecule has 0 bridgehead atoms. The minimum atomic E-state index is -0.0806. The maximum Gasteiger partial charge on any atom is 0.240 e. The van der Waals surface area contributed by atoms with Crippen molar-refractivity contribution in [3.05, 3.63) is 24.3 Å². The number of benzene rings is 1. The number of unbranched alkanes of at least 4 members (excludes halogenated alkanes) is 1. The van der Waals surface area contributed by atoms with Crippen molar-refractivity contribution in [2.24, 2.45) is 5.73 Å². The van der Waals surface area contributed by atoms with E-state index in [4.69, 9.17) is 10.5 Å². The van der Waals surface area contributed by atoms with Gasteiger partial charge in [-0.1, -0.05) is 25.5 Å². The van der Waals surface area contributed by atoms with E-state index in [0.717, 1.165) is 18.5 Å². The first kappa shape index (κ1) is 13.5. The summed E-state index contributed by atoms with van der Waals surface area (Å²) in [6, 6.07) is 7.49. The Balaban J connectivity index is 2.98. The van der Waals surface area contributed by atoms with Gasteiger partial charge in [0.15, 0.2) is 0 Å². The van der Waals surface area contributed by atoms with Crippen LogP contribution in [0.3, 0.4) is 0 Å². The summed E-state index contributed by atoms with van der Waals surface area (Å²) in [5.41, 5.74) is 6.23. The Kier molecular flexibility index (Phi) is 5.49. The Labute approximate surface area is 102 Å². The predicted octanol–water partition coefficient (Wildman–Crippen LogP) is 1.79. The number of hydrogen-bond donors (Lipinski definition) is 1. The molecule has 4 nitrogen and oxygen atoms in total. The topological polar surface area (TPSA) is 55.6 Å². The largest absolute Gasteiger partial charge is 0.495 e. The second-order valence-corrected chi connectivity index (χ2v) is 3.77. The molecule has 0 saturated heterocycles. The fraction of sp³-hybridized carbons (Fsp3) is 0.462. The van der Waals surface area contributed by atoms with Crippen LogP contribution in [-0.4, -0.2) is 26.1 Å². The molecule has 1 aromatic rings. The summed E-state index contributed by atoms with van der Waals surface area (Å²) < 4.78 is 5.27. The van der Waals surface area contributed by atoms with Gasteiger partial charge < -0.3 is 15.4 Å². The number of carbonyl (C=O) groups is 1. The lowest BCUT2D eigenvalue weighted by Crippen LogP contribution is -2.37. The first-order valence-corrected chi connectivity index (χ1v) is 5.88. The molecule has 0 heterocycles. The van der Waals surface area contributed by atoms with Gasteiger partial charge >= 0.3 is 0 Å². The Morgan fingerprint density at radius 1 is 1.41 bits per heavy atom. The maximum atomic E-state index is 11.8. The molecule has 0 unspecified atom stereocenters. The summed E-state index contributed by atoms with van der Waals surface area (Å²) in [5.74, 6) is 0.619. The van der Waals surface area contributed by atoms with Crippen molar-refractivity contribution < 1.29 is 9.53 Å². The fourth-order valence-electron chi connectivity index (χ4n) is 1.66. The van der Waals surface area contributed by atoms with Gasteiger partial charge in [-0.2, -0.15) is 0 Å². The lowest BCUT2D eigenvalue weighted by Gasteiger charge is -2.23. The molecule has 1 amide bonds. The standard InChI is InChI=1S/C13H20N2O2/c1-3-4-9-15(13(16)10-14)11-7-5-6-8-12(11)17-2/h5-8H,3-4,9-10,14H2,1-2H3. The highest BCUT2D eigenvalue weighted by Gasteiger charge is 2.16. The highest BCUT2D eigenvalue weighted by molar-refractivity contribution is 5.96. The number of amides is 1. The third-order valence-electron chi connectivity index (χ3n) is 2.59. The maximum absolute atomic E-state index is 11.8. The molecule has 0 aliphatic carbocycles. The van der Waals surface area contributed by atoms with E-state index in [-0.39, 0.29) is 12.5 Å². The van der Waals surface area contributed by atoms with Crippen LogP contribution in [0.5, 0.6) is 5.75 Å². The van der Waals surface area contributed by atoms with E-state index in [1.807, 2.05) is 24.3 Å². The second kappa shape index (κ2) is 6.91. The van der Waals surface area contributed by atoms with Gasteiger partial charge in [0.2, 0.25) is 5.91 Å². The van der Waals surface area contributed by atoms with Crippen molar-refractivity contribution in [2.75, 3.05) is 25.1 Å². The molecule has 0 aliphatic heterocycles. The van der Waals surface area contributed by atoms with Crippen LogP contribution in [0.15, 0.2) is 24.3 Å². The summed E-state index contributed by atoms with van der Waals surface area (Å²) in [6.45, 7) is 2.78. The highest BCUT2D eigenvalue weighted by Crippen LogP contribution is 2.27. The first-order chi connectivity index (χ1) is 8.24. The molecular weight excluding hydrogens is 216 g/mol. The van der Waals surface area contributed by atoms with E-state index < -0.39 is 0 Å². The van der Waals surface area contributed by atoms with Gasteiger partial charge in [0, 0.05) is 6.54 Å². The Morgan fingerprint density at radius 2 is 2.12 bits per heavy atom. The number of nitrogens with zero attached hydrogens (tertiary/aromatic N) is 1. The van der Waals surface area contributed by atoms with Gasteiger partial charge in [-0.15, -0.1) is 0 Å². The van der Waals surface area contributed by atoms with Crippen molar-refractivity contribution in [3.8, 4) is 5.75 Å². The number of carbonyl (C=O) groups excluding carboxylic acids is 1. The predicted molar refractivity (Wildman–Crippen MR) is 69.3 cm³/mol. The average Bonchev–Trinajstić information content (AvgIpc) is 2.39.